The Hall–Kier alpha value is -3.28. The van der Waals surface area contributed by atoms with E-state index in [1.54, 1.807) is 12.1 Å². The van der Waals surface area contributed by atoms with E-state index in [-0.39, 0.29) is 29.6 Å². The molecule has 1 fully saturated rings. The summed E-state index contributed by atoms with van der Waals surface area (Å²) in [4.78, 5) is 11.5. The first-order chi connectivity index (χ1) is 18.2. The average molecular weight is 521 g/mol. The molecule has 3 aliphatic rings. The van der Waals surface area contributed by atoms with Crippen LogP contribution in [0, 0.1) is 17.8 Å². The fourth-order valence-corrected chi connectivity index (χ4v) is 7.00. The van der Waals surface area contributed by atoms with Gasteiger partial charge in [-0.3, -0.25) is 4.79 Å². The first-order valence-corrected chi connectivity index (χ1v) is 13.5. The summed E-state index contributed by atoms with van der Waals surface area (Å²) < 4.78 is 48.0. The summed E-state index contributed by atoms with van der Waals surface area (Å²) in [5, 5.41) is 9.44. The van der Waals surface area contributed by atoms with Gasteiger partial charge in [-0.15, -0.1) is 0 Å². The molecule has 198 valence electrons. The van der Waals surface area contributed by atoms with Crippen LogP contribution in [0.4, 0.5) is 13.2 Å². The number of hydrogen-bond acceptors (Lipinski definition) is 2. The number of aliphatic carboxylic acids is 1. The fourth-order valence-electron chi connectivity index (χ4n) is 7.00. The second-order valence-corrected chi connectivity index (χ2v) is 11.2. The van der Waals surface area contributed by atoms with Crippen LogP contribution in [0.2, 0.25) is 0 Å². The largest absolute Gasteiger partial charge is 0.489 e. The maximum atomic E-state index is 13.9. The molecule has 3 nitrogen and oxygen atoms in total. The lowest BCUT2D eigenvalue weighted by Crippen LogP contribution is -2.23. The third kappa shape index (κ3) is 4.18. The molecule has 0 saturated heterocycles. The van der Waals surface area contributed by atoms with Gasteiger partial charge in [0.05, 0.1) is 11.5 Å². The standard InChI is InChI=1S/C32H31F3O3/c1-3-19-13-24-21(14-25-29(24)30(25)31(36)37)15-27(19)38-16-18-9-11-20-10-8-17(2)28(23(20)12-18)22-6-4-5-7-26(22)32(33,34)35/h4-7,9,11-13,15,17,25,28-30H,3,8,10,14,16H2,1-2H3,(H,36,37). The minimum Gasteiger partial charge on any atom is -0.489 e. The van der Waals surface area contributed by atoms with Crippen LogP contribution in [-0.2, 0) is 36.8 Å². The lowest BCUT2D eigenvalue weighted by atomic mass is 9.71. The van der Waals surface area contributed by atoms with Gasteiger partial charge in [-0.1, -0.05) is 56.3 Å². The molecule has 3 aliphatic carbocycles. The SMILES string of the molecule is CCc1cc2c(cc1OCc1ccc3c(c1)C(c1ccccc1C(F)(F)F)C(C)CC3)CC1C(C(=O)O)C21. The number of halogens is 3. The molecule has 0 spiro atoms. The maximum absolute atomic E-state index is 13.9. The molecule has 0 aromatic heterocycles. The second-order valence-electron chi connectivity index (χ2n) is 11.2. The number of ether oxygens (including phenoxy) is 1. The topological polar surface area (TPSA) is 46.5 Å². The number of fused-ring (bicyclic) bond motifs is 4. The summed E-state index contributed by atoms with van der Waals surface area (Å²) in [6.45, 7) is 4.43. The van der Waals surface area contributed by atoms with E-state index in [9.17, 15) is 23.1 Å². The first-order valence-electron chi connectivity index (χ1n) is 13.5. The van der Waals surface area contributed by atoms with Gasteiger partial charge in [0.2, 0.25) is 0 Å². The Morgan fingerprint density at radius 3 is 2.55 bits per heavy atom. The molecule has 0 bridgehead atoms. The normalized spacial score (nSPS) is 25.3. The molecule has 6 rings (SSSR count). The van der Waals surface area contributed by atoms with Crippen LogP contribution in [0.5, 0.6) is 5.75 Å². The summed E-state index contributed by atoms with van der Waals surface area (Å²) in [5.74, 6) is -0.0652. The molecule has 0 heterocycles. The Bertz CT molecular complexity index is 1410. The number of hydrogen-bond donors (Lipinski definition) is 1. The van der Waals surface area contributed by atoms with E-state index in [1.165, 1.54) is 17.7 Å². The van der Waals surface area contributed by atoms with Crippen molar-refractivity contribution in [2.45, 2.75) is 64.1 Å². The molecular weight excluding hydrogens is 489 g/mol. The predicted molar refractivity (Wildman–Crippen MR) is 138 cm³/mol. The van der Waals surface area contributed by atoms with E-state index in [0.29, 0.717) is 12.2 Å². The minimum absolute atomic E-state index is 0.0895. The zero-order valence-electron chi connectivity index (χ0n) is 21.5. The lowest BCUT2D eigenvalue weighted by molar-refractivity contribution is -0.139. The molecule has 0 amide bonds. The monoisotopic (exact) mass is 520 g/mol. The zero-order valence-corrected chi connectivity index (χ0v) is 21.5. The highest BCUT2D eigenvalue weighted by atomic mass is 19.4. The summed E-state index contributed by atoms with van der Waals surface area (Å²) in [5.41, 5.74) is 6.18. The first kappa shape index (κ1) is 25.0. The quantitative estimate of drug-likeness (QED) is 0.365. The van der Waals surface area contributed by atoms with Crippen molar-refractivity contribution in [1.29, 1.82) is 0 Å². The van der Waals surface area contributed by atoms with Gasteiger partial charge in [0.15, 0.2) is 0 Å². The summed E-state index contributed by atoms with van der Waals surface area (Å²) in [6.07, 6.45) is -1.15. The van der Waals surface area contributed by atoms with Crippen molar-refractivity contribution in [1.82, 2.24) is 0 Å². The zero-order chi connectivity index (χ0) is 26.8. The van der Waals surface area contributed by atoms with Crippen LogP contribution in [0.15, 0.2) is 54.6 Å². The molecule has 0 aliphatic heterocycles. The van der Waals surface area contributed by atoms with E-state index in [4.69, 9.17) is 4.74 Å². The molecule has 6 heteroatoms. The molecule has 5 atom stereocenters. The second kappa shape index (κ2) is 9.18. The van der Waals surface area contributed by atoms with Crippen LogP contribution in [0.3, 0.4) is 0 Å². The average Bonchev–Trinajstić information content (AvgIpc) is 3.49. The number of carboxylic acid groups (broad SMARTS) is 1. The predicted octanol–water partition coefficient (Wildman–Crippen LogP) is 7.53. The number of carboxylic acids is 1. The smallest absolute Gasteiger partial charge is 0.416 e. The Balaban J connectivity index is 1.28. The number of rotatable bonds is 6. The van der Waals surface area contributed by atoms with Crippen molar-refractivity contribution < 1.29 is 27.8 Å². The van der Waals surface area contributed by atoms with Gasteiger partial charge >= 0.3 is 12.1 Å². The highest BCUT2D eigenvalue weighted by molar-refractivity contribution is 5.78. The van der Waals surface area contributed by atoms with Crippen LogP contribution in [0.25, 0.3) is 0 Å². The Morgan fingerprint density at radius 1 is 1.03 bits per heavy atom. The van der Waals surface area contributed by atoms with E-state index in [1.807, 2.05) is 25.1 Å². The van der Waals surface area contributed by atoms with Gasteiger partial charge in [-0.2, -0.15) is 13.2 Å². The summed E-state index contributed by atoms with van der Waals surface area (Å²) >= 11 is 0. The van der Waals surface area contributed by atoms with Crippen molar-refractivity contribution >= 4 is 5.97 Å². The van der Waals surface area contributed by atoms with Gasteiger partial charge in [0.1, 0.15) is 12.4 Å². The lowest BCUT2D eigenvalue weighted by Gasteiger charge is -2.34. The van der Waals surface area contributed by atoms with E-state index in [0.717, 1.165) is 59.3 Å². The Morgan fingerprint density at radius 2 is 1.82 bits per heavy atom. The summed E-state index contributed by atoms with van der Waals surface area (Å²) in [6, 6.07) is 16.3. The Kier molecular flexibility index (Phi) is 6.04. The Labute approximate surface area is 220 Å². The van der Waals surface area contributed by atoms with E-state index in [2.05, 4.69) is 19.1 Å². The molecule has 0 radical (unpaired) electrons. The molecule has 1 N–H and O–H groups in total. The van der Waals surface area contributed by atoms with Crippen LogP contribution < -0.4 is 4.74 Å². The highest BCUT2D eigenvalue weighted by Crippen LogP contribution is 2.62. The number of carbonyl (C=O) groups is 1. The molecule has 3 aromatic rings. The van der Waals surface area contributed by atoms with Crippen molar-refractivity contribution in [2.24, 2.45) is 17.8 Å². The highest BCUT2D eigenvalue weighted by Gasteiger charge is 2.59. The van der Waals surface area contributed by atoms with Gasteiger partial charge in [-0.05, 0) is 88.6 Å². The molecule has 38 heavy (non-hydrogen) atoms. The minimum atomic E-state index is -4.40. The van der Waals surface area contributed by atoms with Crippen molar-refractivity contribution in [3.05, 3.63) is 99.1 Å². The maximum Gasteiger partial charge on any atom is 0.416 e. The molecule has 3 aromatic carbocycles. The number of benzene rings is 3. The molecule has 1 saturated carbocycles. The van der Waals surface area contributed by atoms with Crippen molar-refractivity contribution in [2.75, 3.05) is 0 Å². The van der Waals surface area contributed by atoms with E-state index < -0.39 is 17.7 Å². The number of aryl methyl sites for hydroxylation is 2. The van der Waals surface area contributed by atoms with Gasteiger partial charge in [0.25, 0.3) is 0 Å². The van der Waals surface area contributed by atoms with Gasteiger partial charge in [-0.25, -0.2) is 0 Å². The number of alkyl halides is 3. The molecule has 5 unspecified atom stereocenters. The van der Waals surface area contributed by atoms with Crippen LogP contribution in [0.1, 0.15) is 76.6 Å². The van der Waals surface area contributed by atoms with Gasteiger partial charge in [0, 0.05) is 11.8 Å². The van der Waals surface area contributed by atoms with Crippen molar-refractivity contribution in [3.63, 3.8) is 0 Å². The van der Waals surface area contributed by atoms with Crippen molar-refractivity contribution in [3.8, 4) is 5.75 Å². The van der Waals surface area contributed by atoms with Crippen LogP contribution >= 0.6 is 0 Å². The third-order valence-electron chi connectivity index (χ3n) is 8.95. The van der Waals surface area contributed by atoms with Gasteiger partial charge < -0.3 is 9.84 Å². The third-order valence-corrected chi connectivity index (χ3v) is 8.95. The fraction of sp³-hybridized carbons (Fsp3) is 0.406. The van der Waals surface area contributed by atoms with Crippen LogP contribution in [-0.4, -0.2) is 11.1 Å². The van der Waals surface area contributed by atoms with E-state index >= 15 is 0 Å². The summed E-state index contributed by atoms with van der Waals surface area (Å²) in [7, 11) is 0. The molecular formula is C32H31F3O3.